The number of hydrogen-bond acceptors (Lipinski definition) is 2. The van der Waals surface area contributed by atoms with Gasteiger partial charge in [-0.25, -0.2) is 0 Å². The predicted molar refractivity (Wildman–Crippen MR) is 96.7 cm³/mol. The zero-order valence-electron chi connectivity index (χ0n) is 12.9. The van der Waals surface area contributed by atoms with Crippen LogP contribution in [0.3, 0.4) is 0 Å². The summed E-state index contributed by atoms with van der Waals surface area (Å²) in [7, 11) is -3.48. The van der Waals surface area contributed by atoms with Crippen LogP contribution in [0.2, 0.25) is 0 Å². The quantitative estimate of drug-likeness (QED) is 0.748. The molecule has 0 saturated heterocycles. The molecule has 120 valence electrons. The van der Waals surface area contributed by atoms with Gasteiger partial charge >= 0.3 is 0 Å². The summed E-state index contributed by atoms with van der Waals surface area (Å²) in [6, 6.07) is 24.1. The summed E-state index contributed by atoms with van der Waals surface area (Å²) < 4.78 is 28.7. The lowest BCUT2D eigenvalue weighted by atomic mass is 9.97. The van der Waals surface area contributed by atoms with Crippen LogP contribution in [0.4, 0.5) is 5.69 Å². The van der Waals surface area contributed by atoms with E-state index in [2.05, 4.69) is 33.7 Å². The molecule has 0 fully saturated rings. The number of rotatable bonds is 2. The van der Waals surface area contributed by atoms with Crippen LogP contribution in [0.5, 0.6) is 0 Å². The van der Waals surface area contributed by atoms with E-state index in [1.165, 1.54) is 0 Å². The summed E-state index contributed by atoms with van der Waals surface area (Å²) in [5.41, 5.74) is 5.75. The molecule has 1 aliphatic heterocycles. The van der Waals surface area contributed by atoms with Crippen molar-refractivity contribution in [3.63, 3.8) is 0 Å². The van der Waals surface area contributed by atoms with Gasteiger partial charge in [0.15, 0.2) is 0 Å². The molecule has 0 atom stereocenters. The average Bonchev–Trinajstić information content (AvgIpc) is 2.61. The lowest BCUT2D eigenvalue weighted by Gasteiger charge is -2.22. The average molecular weight is 336 g/mol. The fraction of sp³-hybridized carbons (Fsp3) is 0.0526. The molecular weight excluding hydrogens is 320 g/mol. The van der Waals surface area contributed by atoms with Crippen molar-refractivity contribution in [1.29, 1.82) is 0 Å². The zero-order chi connectivity index (χ0) is 16.6. The molecule has 0 aliphatic carbocycles. The molecule has 0 bridgehead atoms. The van der Waals surface area contributed by atoms with Crippen molar-refractivity contribution in [3.8, 4) is 22.3 Å². The Bertz CT molecular complexity index is 982. The third kappa shape index (κ3) is 2.79. The Morgan fingerprint density at radius 2 is 1.38 bits per heavy atom. The molecule has 0 aromatic heterocycles. The second-order valence-electron chi connectivity index (χ2n) is 5.71. The number of fused-ring (bicyclic) bond motifs is 1. The Labute approximate surface area is 141 Å². The van der Waals surface area contributed by atoms with Crippen LogP contribution in [0.15, 0.2) is 72.8 Å². The summed E-state index contributed by atoms with van der Waals surface area (Å²) in [5.74, 6) is 0. The number of anilines is 1. The van der Waals surface area contributed by atoms with Crippen LogP contribution < -0.4 is 9.44 Å². The Morgan fingerprint density at radius 1 is 0.708 bits per heavy atom. The SMILES string of the molecule is O=S1(=O)NCc2cccc(-c3ccc(-c4ccccc4)cc3)c2N1. The van der Waals surface area contributed by atoms with Crippen LogP contribution in [-0.4, -0.2) is 8.42 Å². The number of hydrogen-bond donors (Lipinski definition) is 2. The van der Waals surface area contributed by atoms with E-state index >= 15 is 0 Å². The number of benzene rings is 3. The topological polar surface area (TPSA) is 58.2 Å². The van der Waals surface area contributed by atoms with E-state index in [1.54, 1.807) is 0 Å². The Balaban J connectivity index is 1.75. The smallest absolute Gasteiger partial charge is 0.270 e. The van der Waals surface area contributed by atoms with Gasteiger partial charge in [0, 0.05) is 12.1 Å². The fourth-order valence-electron chi connectivity index (χ4n) is 2.92. The maximum Gasteiger partial charge on any atom is 0.299 e. The van der Waals surface area contributed by atoms with Crippen molar-refractivity contribution < 1.29 is 8.42 Å². The maximum absolute atomic E-state index is 11.8. The Hall–Kier alpha value is -2.63. The third-order valence-electron chi connectivity index (χ3n) is 4.14. The molecule has 4 rings (SSSR count). The minimum atomic E-state index is -3.48. The van der Waals surface area contributed by atoms with Gasteiger partial charge in [-0.1, -0.05) is 72.8 Å². The first-order valence-electron chi connectivity index (χ1n) is 7.67. The molecule has 0 unspecified atom stereocenters. The monoisotopic (exact) mass is 336 g/mol. The molecule has 5 heteroatoms. The normalized spacial score (nSPS) is 15.3. The van der Waals surface area contributed by atoms with Gasteiger partial charge in [-0.15, -0.1) is 0 Å². The lowest BCUT2D eigenvalue weighted by molar-refractivity contribution is 0.584. The van der Waals surface area contributed by atoms with Gasteiger partial charge in [0.05, 0.1) is 5.69 Å². The van der Waals surface area contributed by atoms with Crippen LogP contribution in [0, 0.1) is 0 Å². The lowest BCUT2D eigenvalue weighted by Crippen LogP contribution is -2.34. The summed E-state index contributed by atoms with van der Waals surface area (Å²) in [6.07, 6.45) is 0. The van der Waals surface area contributed by atoms with Gasteiger partial charge in [-0.05, 0) is 22.3 Å². The van der Waals surface area contributed by atoms with Crippen molar-refractivity contribution in [1.82, 2.24) is 4.72 Å². The highest BCUT2D eigenvalue weighted by Gasteiger charge is 2.21. The van der Waals surface area contributed by atoms with E-state index < -0.39 is 10.2 Å². The van der Waals surface area contributed by atoms with Gasteiger partial charge in [0.2, 0.25) is 0 Å². The largest absolute Gasteiger partial charge is 0.299 e. The standard InChI is InChI=1S/C19H16N2O2S/c22-24(23)20-13-17-7-4-8-18(19(17)21-24)16-11-9-15(10-12-16)14-5-2-1-3-6-14/h1-12,20-21H,13H2. The highest BCUT2D eigenvalue weighted by atomic mass is 32.2. The summed E-state index contributed by atoms with van der Waals surface area (Å²) in [5, 5.41) is 0. The van der Waals surface area contributed by atoms with Crippen LogP contribution in [0.1, 0.15) is 5.56 Å². The van der Waals surface area contributed by atoms with Gasteiger partial charge < -0.3 is 0 Å². The third-order valence-corrected chi connectivity index (χ3v) is 5.14. The molecule has 0 amide bonds. The van der Waals surface area contributed by atoms with Crippen LogP contribution in [-0.2, 0) is 16.8 Å². The van der Waals surface area contributed by atoms with Crippen molar-refractivity contribution in [2.45, 2.75) is 6.54 Å². The van der Waals surface area contributed by atoms with E-state index in [9.17, 15) is 8.42 Å². The second kappa shape index (κ2) is 5.78. The van der Waals surface area contributed by atoms with E-state index in [1.807, 2.05) is 48.5 Å². The summed E-state index contributed by atoms with van der Waals surface area (Å²) in [6.45, 7) is 0.306. The summed E-state index contributed by atoms with van der Waals surface area (Å²) >= 11 is 0. The first-order valence-corrected chi connectivity index (χ1v) is 9.16. The van der Waals surface area contributed by atoms with Crippen LogP contribution in [0.25, 0.3) is 22.3 Å². The second-order valence-corrected chi connectivity index (χ2v) is 7.21. The molecule has 4 nitrogen and oxygen atoms in total. The van der Waals surface area contributed by atoms with E-state index in [0.717, 1.165) is 27.8 Å². The minimum Gasteiger partial charge on any atom is -0.270 e. The molecule has 0 saturated carbocycles. The molecule has 24 heavy (non-hydrogen) atoms. The Kier molecular flexibility index (Phi) is 3.59. The molecule has 2 N–H and O–H groups in total. The van der Waals surface area contributed by atoms with Gasteiger partial charge in [-0.3, -0.25) is 4.72 Å². The fourth-order valence-corrected chi connectivity index (χ4v) is 3.85. The highest BCUT2D eigenvalue weighted by molar-refractivity contribution is 7.90. The number of nitrogens with one attached hydrogen (secondary N) is 2. The van der Waals surface area contributed by atoms with E-state index in [0.29, 0.717) is 12.2 Å². The molecular formula is C19H16N2O2S. The Morgan fingerprint density at radius 3 is 2.12 bits per heavy atom. The van der Waals surface area contributed by atoms with Crippen molar-refractivity contribution in [2.24, 2.45) is 0 Å². The first kappa shape index (κ1) is 14.9. The predicted octanol–water partition coefficient (Wildman–Crippen LogP) is 3.78. The first-order chi connectivity index (χ1) is 11.6. The summed E-state index contributed by atoms with van der Waals surface area (Å²) in [4.78, 5) is 0. The number of para-hydroxylation sites is 1. The maximum atomic E-state index is 11.8. The van der Waals surface area contributed by atoms with E-state index in [4.69, 9.17) is 0 Å². The van der Waals surface area contributed by atoms with Gasteiger partial charge in [-0.2, -0.15) is 13.1 Å². The van der Waals surface area contributed by atoms with Crippen molar-refractivity contribution >= 4 is 15.9 Å². The van der Waals surface area contributed by atoms with Crippen LogP contribution >= 0.6 is 0 Å². The molecule has 0 spiro atoms. The highest BCUT2D eigenvalue weighted by Crippen LogP contribution is 2.34. The molecule has 3 aromatic carbocycles. The van der Waals surface area contributed by atoms with Crippen molar-refractivity contribution in [3.05, 3.63) is 78.4 Å². The van der Waals surface area contributed by atoms with Gasteiger partial charge in [0.25, 0.3) is 10.2 Å². The van der Waals surface area contributed by atoms with E-state index in [-0.39, 0.29) is 0 Å². The molecule has 1 aliphatic rings. The molecule has 0 radical (unpaired) electrons. The van der Waals surface area contributed by atoms with Crippen molar-refractivity contribution in [2.75, 3.05) is 4.72 Å². The van der Waals surface area contributed by atoms with Gasteiger partial charge in [0.1, 0.15) is 0 Å². The minimum absolute atomic E-state index is 0.306. The molecule has 1 heterocycles. The molecule has 3 aromatic rings. The zero-order valence-corrected chi connectivity index (χ0v) is 13.7.